The second kappa shape index (κ2) is 5.43. The van der Waals surface area contributed by atoms with Crippen LogP contribution in [0.1, 0.15) is 65.2 Å². The molecule has 0 aliphatic heterocycles. The van der Waals surface area contributed by atoms with Crippen LogP contribution in [-0.4, -0.2) is 11.6 Å². The molecule has 0 aromatic heterocycles. The zero-order chi connectivity index (χ0) is 11.3. The summed E-state index contributed by atoms with van der Waals surface area (Å²) in [7, 11) is 0. The minimum absolute atomic E-state index is 0.200. The topological polar surface area (TPSA) is 34.1 Å². The summed E-state index contributed by atoms with van der Waals surface area (Å²) >= 11 is 0. The van der Waals surface area contributed by atoms with Gasteiger partial charge in [0, 0.05) is 18.3 Å². The van der Waals surface area contributed by atoms with Crippen LogP contribution in [0.5, 0.6) is 0 Å². The van der Waals surface area contributed by atoms with Gasteiger partial charge in [-0.15, -0.1) is 0 Å². The van der Waals surface area contributed by atoms with Crippen LogP contribution in [0.25, 0.3) is 0 Å². The molecular formula is C13H22O2. The van der Waals surface area contributed by atoms with Gasteiger partial charge in [0.05, 0.1) is 0 Å². The lowest BCUT2D eigenvalue weighted by atomic mass is 9.73. The highest BCUT2D eigenvalue weighted by molar-refractivity contribution is 5.85. The Morgan fingerprint density at radius 1 is 1.27 bits per heavy atom. The van der Waals surface area contributed by atoms with Gasteiger partial charge in [-0.25, -0.2) is 0 Å². The Hall–Kier alpha value is -0.660. The van der Waals surface area contributed by atoms with E-state index in [1.807, 2.05) is 6.92 Å². The average molecular weight is 210 g/mol. The predicted molar refractivity (Wildman–Crippen MR) is 60.7 cm³/mol. The summed E-state index contributed by atoms with van der Waals surface area (Å²) in [5, 5.41) is 0. The predicted octanol–water partition coefficient (Wildman–Crippen LogP) is 3.29. The number of hydrogen-bond donors (Lipinski definition) is 0. The van der Waals surface area contributed by atoms with Gasteiger partial charge in [0.25, 0.3) is 0 Å². The van der Waals surface area contributed by atoms with Crippen molar-refractivity contribution in [2.45, 2.75) is 65.2 Å². The van der Waals surface area contributed by atoms with E-state index in [4.69, 9.17) is 0 Å². The molecule has 0 heterocycles. The summed E-state index contributed by atoms with van der Waals surface area (Å²) in [5.41, 5.74) is -0.216. The van der Waals surface area contributed by atoms with Crippen molar-refractivity contribution in [3.63, 3.8) is 0 Å². The van der Waals surface area contributed by atoms with Crippen LogP contribution in [0.2, 0.25) is 0 Å². The Balaban J connectivity index is 2.58. The van der Waals surface area contributed by atoms with Crippen LogP contribution in [-0.2, 0) is 9.59 Å². The number of rotatable bonds is 3. The summed E-state index contributed by atoms with van der Waals surface area (Å²) < 4.78 is 0. The smallest absolute Gasteiger partial charge is 0.138 e. The third kappa shape index (κ3) is 3.77. The monoisotopic (exact) mass is 210 g/mol. The van der Waals surface area contributed by atoms with Crippen molar-refractivity contribution in [1.82, 2.24) is 0 Å². The maximum absolute atomic E-state index is 12.0. The third-order valence-electron chi connectivity index (χ3n) is 3.58. The molecule has 2 nitrogen and oxygen atoms in total. The van der Waals surface area contributed by atoms with Gasteiger partial charge in [-0.2, -0.15) is 0 Å². The molecule has 1 aliphatic carbocycles. The number of carbonyl (C=O) groups excluding carboxylic acids is 2. The fraction of sp³-hybridized carbons (Fsp3) is 0.846. The zero-order valence-electron chi connectivity index (χ0n) is 9.97. The summed E-state index contributed by atoms with van der Waals surface area (Å²) in [6, 6.07) is 0. The molecule has 0 bridgehead atoms. The van der Waals surface area contributed by atoms with Crippen molar-refractivity contribution < 1.29 is 9.59 Å². The molecular weight excluding hydrogens is 188 g/mol. The van der Waals surface area contributed by atoms with Gasteiger partial charge >= 0.3 is 0 Å². The molecule has 1 fully saturated rings. The highest BCUT2D eigenvalue weighted by atomic mass is 16.1. The Bertz CT molecular complexity index is 245. The van der Waals surface area contributed by atoms with E-state index in [0.29, 0.717) is 18.6 Å². The molecule has 0 amide bonds. The van der Waals surface area contributed by atoms with Crippen LogP contribution in [0.15, 0.2) is 0 Å². The van der Waals surface area contributed by atoms with Crippen LogP contribution >= 0.6 is 0 Å². The Kier molecular flexibility index (Phi) is 4.49. The first kappa shape index (κ1) is 12.4. The molecule has 1 aliphatic rings. The van der Waals surface area contributed by atoms with Gasteiger partial charge < -0.3 is 4.79 Å². The maximum Gasteiger partial charge on any atom is 0.138 e. The van der Waals surface area contributed by atoms with Crippen molar-refractivity contribution >= 4 is 11.6 Å². The molecule has 1 atom stereocenters. The highest BCUT2D eigenvalue weighted by Crippen LogP contribution is 2.35. The SMILES string of the molecule is CC(=O)CC[C@]1(C)CCCCCCC1=O. The van der Waals surface area contributed by atoms with E-state index in [2.05, 4.69) is 0 Å². The standard InChI is InChI=1S/C13H22O2/c1-11(14)8-10-13(2)9-6-4-3-5-7-12(13)15/h3-10H2,1-2H3/t13-/m0/s1. The molecule has 0 unspecified atom stereocenters. The van der Waals surface area contributed by atoms with E-state index in [9.17, 15) is 9.59 Å². The lowest BCUT2D eigenvalue weighted by molar-refractivity contribution is -0.129. The van der Waals surface area contributed by atoms with E-state index in [1.54, 1.807) is 6.92 Å². The first-order chi connectivity index (χ1) is 7.04. The van der Waals surface area contributed by atoms with Crippen LogP contribution < -0.4 is 0 Å². The summed E-state index contributed by atoms with van der Waals surface area (Å²) in [5.74, 6) is 0.578. The average Bonchev–Trinajstić information content (AvgIpc) is 2.17. The van der Waals surface area contributed by atoms with Gasteiger partial charge in [0.15, 0.2) is 0 Å². The van der Waals surface area contributed by atoms with Crippen LogP contribution in [0.4, 0.5) is 0 Å². The molecule has 0 saturated heterocycles. The molecule has 0 aromatic carbocycles. The molecule has 1 rings (SSSR count). The fourth-order valence-electron chi connectivity index (χ4n) is 2.31. The lowest BCUT2D eigenvalue weighted by Gasteiger charge is -2.29. The first-order valence-corrected chi connectivity index (χ1v) is 6.07. The second-order valence-corrected chi connectivity index (χ2v) is 5.10. The Morgan fingerprint density at radius 3 is 2.60 bits per heavy atom. The highest BCUT2D eigenvalue weighted by Gasteiger charge is 2.32. The number of carbonyl (C=O) groups is 2. The third-order valence-corrected chi connectivity index (χ3v) is 3.58. The van der Waals surface area contributed by atoms with Gasteiger partial charge in [0.1, 0.15) is 11.6 Å². The normalized spacial score (nSPS) is 28.3. The summed E-state index contributed by atoms with van der Waals surface area (Å²) in [6.07, 6.45) is 7.60. The fourth-order valence-corrected chi connectivity index (χ4v) is 2.31. The van der Waals surface area contributed by atoms with E-state index >= 15 is 0 Å². The first-order valence-electron chi connectivity index (χ1n) is 6.07. The second-order valence-electron chi connectivity index (χ2n) is 5.10. The van der Waals surface area contributed by atoms with Crippen LogP contribution in [0.3, 0.4) is 0 Å². The van der Waals surface area contributed by atoms with Gasteiger partial charge in [0.2, 0.25) is 0 Å². The molecule has 0 aromatic rings. The molecule has 0 radical (unpaired) electrons. The summed E-state index contributed by atoms with van der Waals surface area (Å²) in [4.78, 5) is 23.0. The Labute approximate surface area is 92.4 Å². The number of Topliss-reactive ketones (excluding diaryl/α,β-unsaturated/α-hetero) is 2. The molecule has 86 valence electrons. The van der Waals surface area contributed by atoms with E-state index in [0.717, 1.165) is 25.7 Å². The molecule has 15 heavy (non-hydrogen) atoms. The van der Waals surface area contributed by atoms with Crippen molar-refractivity contribution in [2.24, 2.45) is 5.41 Å². The Morgan fingerprint density at radius 2 is 1.93 bits per heavy atom. The largest absolute Gasteiger partial charge is 0.300 e. The molecule has 0 spiro atoms. The number of hydrogen-bond acceptors (Lipinski definition) is 2. The quantitative estimate of drug-likeness (QED) is 0.716. The van der Waals surface area contributed by atoms with Gasteiger partial charge in [-0.05, 0) is 26.2 Å². The van der Waals surface area contributed by atoms with E-state index in [1.165, 1.54) is 12.8 Å². The zero-order valence-corrected chi connectivity index (χ0v) is 9.97. The van der Waals surface area contributed by atoms with Crippen LogP contribution in [0, 0.1) is 5.41 Å². The van der Waals surface area contributed by atoms with Crippen molar-refractivity contribution in [3.05, 3.63) is 0 Å². The minimum atomic E-state index is -0.216. The van der Waals surface area contributed by atoms with E-state index in [-0.39, 0.29) is 11.2 Å². The molecule has 2 heteroatoms. The maximum atomic E-state index is 12.0. The van der Waals surface area contributed by atoms with E-state index < -0.39 is 0 Å². The van der Waals surface area contributed by atoms with Crippen molar-refractivity contribution in [2.75, 3.05) is 0 Å². The van der Waals surface area contributed by atoms with Crippen molar-refractivity contribution in [1.29, 1.82) is 0 Å². The van der Waals surface area contributed by atoms with Gasteiger partial charge in [-0.1, -0.05) is 26.2 Å². The number of ketones is 2. The molecule has 1 saturated carbocycles. The lowest BCUT2D eigenvalue weighted by Crippen LogP contribution is -2.29. The summed E-state index contributed by atoms with van der Waals surface area (Å²) in [6.45, 7) is 3.65. The van der Waals surface area contributed by atoms with Gasteiger partial charge in [-0.3, -0.25) is 4.79 Å². The minimum Gasteiger partial charge on any atom is -0.300 e. The molecule has 0 N–H and O–H groups in total. The van der Waals surface area contributed by atoms with Crippen molar-refractivity contribution in [3.8, 4) is 0 Å².